The minimum absolute atomic E-state index is 0.552. The summed E-state index contributed by atoms with van der Waals surface area (Å²) in [7, 11) is 0. The van der Waals surface area contributed by atoms with Crippen molar-refractivity contribution in [3.8, 4) is 11.1 Å². The van der Waals surface area contributed by atoms with Crippen molar-refractivity contribution in [2.24, 2.45) is 5.73 Å². The second-order valence-corrected chi connectivity index (χ2v) is 8.71. The Morgan fingerprint density at radius 1 is 1.03 bits per heavy atom. The van der Waals surface area contributed by atoms with Crippen molar-refractivity contribution in [3.05, 3.63) is 59.4 Å². The molecule has 4 aromatic rings. The van der Waals surface area contributed by atoms with Crippen LogP contribution in [0.4, 0.5) is 10.5 Å². The van der Waals surface area contributed by atoms with E-state index < -0.39 is 6.03 Å². The zero-order chi connectivity index (χ0) is 22.2. The molecule has 1 saturated heterocycles. The molecule has 7 nitrogen and oxygen atoms in total. The van der Waals surface area contributed by atoms with Crippen LogP contribution in [0.15, 0.2) is 42.5 Å². The Morgan fingerprint density at radius 2 is 1.84 bits per heavy atom. The first-order chi connectivity index (χ1) is 15.5. The zero-order valence-corrected chi connectivity index (χ0v) is 18.6. The highest BCUT2D eigenvalue weighted by molar-refractivity contribution is 5.98. The number of hydrogen-bond donors (Lipinski definition) is 2. The number of aryl methyl sites for hydroxylation is 2. The number of aromatic nitrogens is 3. The zero-order valence-electron chi connectivity index (χ0n) is 18.6. The van der Waals surface area contributed by atoms with Gasteiger partial charge in [-0.1, -0.05) is 30.7 Å². The third-order valence-electron chi connectivity index (χ3n) is 6.35. The van der Waals surface area contributed by atoms with Crippen molar-refractivity contribution < 1.29 is 4.79 Å². The van der Waals surface area contributed by atoms with E-state index in [2.05, 4.69) is 63.7 Å². The largest absolute Gasteiger partial charge is 0.351 e. The monoisotopic (exact) mass is 428 g/mol. The average molecular weight is 429 g/mol. The van der Waals surface area contributed by atoms with Gasteiger partial charge in [0.1, 0.15) is 5.82 Å². The minimum Gasteiger partial charge on any atom is -0.351 e. The van der Waals surface area contributed by atoms with Crippen LogP contribution in [-0.4, -0.2) is 38.6 Å². The Hall–Kier alpha value is -3.45. The van der Waals surface area contributed by atoms with E-state index in [9.17, 15) is 4.79 Å². The number of piperidine rings is 1. The van der Waals surface area contributed by atoms with Gasteiger partial charge >= 0.3 is 6.03 Å². The number of fused-ring (bicyclic) bond motifs is 3. The van der Waals surface area contributed by atoms with Crippen LogP contribution in [-0.2, 0) is 6.54 Å². The first kappa shape index (κ1) is 20.5. The molecule has 1 fully saturated rings. The van der Waals surface area contributed by atoms with Crippen LogP contribution in [0, 0.1) is 13.8 Å². The number of urea groups is 1. The predicted molar refractivity (Wildman–Crippen MR) is 128 cm³/mol. The summed E-state index contributed by atoms with van der Waals surface area (Å²) in [5.41, 5.74) is 12.5. The van der Waals surface area contributed by atoms with E-state index in [1.54, 1.807) is 0 Å². The highest BCUT2D eigenvalue weighted by atomic mass is 16.2. The summed E-state index contributed by atoms with van der Waals surface area (Å²) in [6, 6.07) is 14.4. The number of carbonyl (C=O) groups excluding carboxylic acids is 1. The number of nitrogens with zero attached hydrogens (tertiary/aromatic N) is 4. The number of carbonyl (C=O) groups is 1. The van der Waals surface area contributed by atoms with E-state index in [0.717, 1.165) is 28.8 Å². The lowest BCUT2D eigenvalue weighted by Gasteiger charge is -2.26. The molecular formula is C25H28N6O. The second kappa shape index (κ2) is 8.24. The van der Waals surface area contributed by atoms with Gasteiger partial charge in [-0.25, -0.2) is 4.79 Å². The molecule has 164 valence electrons. The fourth-order valence-electron chi connectivity index (χ4n) is 4.83. The van der Waals surface area contributed by atoms with E-state index in [1.165, 1.54) is 49.0 Å². The third kappa shape index (κ3) is 3.80. The van der Waals surface area contributed by atoms with Crippen molar-refractivity contribution in [1.29, 1.82) is 0 Å². The van der Waals surface area contributed by atoms with E-state index in [0.29, 0.717) is 11.3 Å². The molecule has 2 aromatic heterocycles. The maximum atomic E-state index is 11.5. The van der Waals surface area contributed by atoms with Gasteiger partial charge in [0.15, 0.2) is 5.65 Å². The average Bonchev–Trinajstić information content (AvgIpc) is 3.16. The number of benzene rings is 2. The molecule has 3 heterocycles. The van der Waals surface area contributed by atoms with Gasteiger partial charge in [-0.3, -0.25) is 9.30 Å². The normalized spacial score (nSPS) is 14.8. The van der Waals surface area contributed by atoms with Gasteiger partial charge in [-0.05, 0) is 80.2 Å². The first-order valence-corrected chi connectivity index (χ1v) is 11.2. The number of rotatable bonds is 4. The maximum Gasteiger partial charge on any atom is 0.316 e. The van der Waals surface area contributed by atoms with Crippen LogP contribution in [0.2, 0.25) is 0 Å². The molecule has 7 heteroatoms. The van der Waals surface area contributed by atoms with Crippen molar-refractivity contribution in [1.82, 2.24) is 19.5 Å². The van der Waals surface area contributed by atoms with E-state index in [4.69, 9.17) is 5.73 Å². The molecule has 0 saturated carbocycles. The molecule has 0 aliphatic carbocycles. The van der Waals surface area contributed by atoms with Crippen molar-refractivity contribution in [3.63, 3.8) is 0 Å². The van der Waals surface area contributed by atoms with Gasteiger partial charge in [0.2, 0.25) is 0 Å². The summed E-state index contributed by atoms with van der Waals surface area (Å²) in [5.74, 6) is 0.754. The highest BCUT2D eigenvalue weighted by Crippen LogP contribution is 2.31. The maximum absolute atomic E-state index is 11.5. The first-order valence-electron chi connectivity index (χ1n) is 11.2. The fraction of sp³-hybridized carbons (Fsp3) is 0.320. The predicted octanol–water partition coefficient (Wildman–Crippen LogP) is 4.64. The summed E-state index contributed by atoms with van der Waals surface area (Å²) < 4.78 is 1.94. The van der Waals surface area contributed by atoms with Gasteiger partial charge in [0.05, 0.1) is 11.2 Å². The Balaban J connectivity index is 1.53. The summed E-state index contributed by atoms with van der Waals surface area (Å²) in [5, 5.41) is 12.1. The van der Waals surface area contributed by atoms with E-state index in [-0.39, 0.29) is 0 Å². The van der Waals surface area contributed by atoms with Gasteiger partial charge in [-0.15, -0.1) is 10.2 Å². The third-order valence-corrected chi connectivity index (χ3v) is 6.35. The molecule has 1 aliphatic rings. The highest BCUT2D eigenvalue weighted by Gasteiger charge is 2.15. The Bertz CT molecular complexity index is 1320. The van der Waals surface area contributed by atoms with Gasteiger partial charge in [0.25, 0.3) is 0 Å². The van der Waals surface area contributed by atoms with Gasteiger partial charge in [-0.2, -0.15) is 0 Å². The van der Waals surface area contributed by atoms with Crippen LogP contribution < -0.4 is 11.1 Å². The minimum atomic E-state index is -0.622. The van der Waals surface area contributed by atoms with Gasteiger partial charge < -0.3 is 11.1 Å². The van der Waals surface area contributed by atoms with Crippen LogP contribution in [0.25, 0.3) is 27.7 Å². The smallest absolute Gasteiger partial charge is 0.316 e. The van der Waals surface area contributed by atoms with Gasteiger partial charge in [0, 0.05) is 11.9 Å². The lowest BCUT2D eigenvalue weighted by molar-refractivity contribution is 0.221. The number of hydrogen-bond acceptors (Lipinski definition) is 4. The number of nitrogens with two attached hydrogens (primary N) is 1. The molecule has 5 rings (SSSR count). The number of likely N-dealkylation sites (tertiary alicyclic amines) is 1. The molecule has 32 heavy (non-hydrogen) atoms. The van der Waals surface area contributed by atoms with Crippen molar-refractivity contribution in [2.45, 2.75) is 39.7 Å². The second-order valence-electron chi connectivity index (χ2n) is 8.71. The number of pyridine rings is 1. The Kier molecular flexibility index (Phi) is 5.27. The molecule has 0 bridgehead atoms. The number of primary amides is 1. The molecule has 0 unspecified atom stereocenters. The number of amides is 2. The molecular weight excluding hydrogens is 400 g/mol. The molecule has 1 aliphatic heterocycles. The molecule has 2 aromatic carbocycles. The van der Waals surface area contributed by atoms with Crippen LogP contribution in [0.5, 0.6) is 0 Å². The summed E-state index contributed by atoms with van der Waals surface area (Å²) >= 11 is 0. The van der Waals surface area contributed by atoms with Crippen LogP contribution in [0.3, 0.4) is 0 Å². The molecule has 2 amide bonds. The molecule has 0 atom stereocenters. The van der Waals surface area contributed by atoms with Crippen molar-refractivity contribution >= 4 is 28.3 Å². The van der Waals surface area contributed by atoms with Crippen LogP contribution in [0.1, 0.15) is 36.2 Å². The van der Waals surface area contributed by atoms with E-state index >= 15 is 0 Å². The van der Waals surface area contributed by atoms with E-state index in [1.807, 2.05) is 17.4 Å². The quantitative estimate of drug-likeness (QED) is 0.495. The fourth-order valence-corrected chi connectivity index (χ4v) is 4.83. The van der Waals surface area contributed by atoms with Crippen LogP contribution >= 0.6 is 0 Å². The SMILES string of the molecule is Cc1cc(CN2CCCCC2)ccc1-c1ccc2c(c1)cc(NC(N)=O)c1nnc(C)n12. The van der Waals surface area contributed by atoms with Crippen molar-refractivity contribution in [2.75, 3.05) is 18.4 Å². The molecule has 3 N–H and O–H groups in total. The lowest BCUT2D eigenvalue weighted by atomic mass is 9.96. The summed E-state index contributed by atoms with van der Waals surface area (Å²) in [6.45, 7) is 7.49. The topological polar surface area (TPSA) is 88.5 Å². The Morgan fingerprint density at radius 3 is 2.59 bits per heavy atom. The molecule has 0 spiro atoms. The number of anilines is 1. The summed E-state index contributed by atoms with van der Waals surface area (Å²) in [6.07, 6.45) is 3.97. The molecule has 0 radical (unpaired) electrons. The summed E-state index contributed by atoms with van der Waals surface area (Å²) in [4.78, 5) is 14.1. The Labute approximate surface area is 187 Å². The number of nitrogens with one attached hydrogen (secondary N) is 1. The lowest BCUT2D eigenvalue weighted by Crippen LogP contribution is -2.29. The standard InChI is InChI=1S/C25H28N6O/c1-16-12-18(15-30-10-4-3-5-11-30)6-8-21(16)19-7-9-23-20(13-19)14-22(27-25(26)32)24-29-28-17(2)31(23)24/h6-9,12-14H,3-5,10-11,15H2,1-2H3,(H3,26,27,32).